The van der Waals surface area contributed by atoms with Crippen LogP contribution in [0.15, 0.2) is 84.5 Å². The molecule has 0 amide bonds. The third-order valence-electron chi connectivity index (χ3n) is 4.53. The molecule has 0 spiro atoms. The lowest BCUT2D eigenvalue weighted by Gasteiger charge is -2.32. The molecule has 3 rings (SSSR count). The smallest absolute Gasteiger partial charge is 0.0285 e. The zero-order chi connectivity index (χ0) is 16.2. The van der Waals surface area contributed by atoms with Crippen molar-refractivity contribution in [3.63, 3.8) is 0 Å². The van der Waals surface area contributed by atoms with Crippen LogP contribution in [0, 0.1) is 0 Å². The van der Waals surface area contributed by atoms with E-state index in [1.807, 2.05) is 0 Å². The number of allylic oxidation sites excluding steroid dienone is 3. The molecule has 2 aromatic rings. The van der Waals surface area contributed by atoms with Crippen molar-refractivity contribution in [3.8, 4) is 0 Å². The van der Waals surface area contributed by atoms with Crippen molar-refractivity contribution >= 4 is 18.5 Å². The molecule has 1 aliphatic rings. The molecule has 0 bridgehead atoms. The molecular weight excluding hydrogens is 297 g/mol. The number of rotatable bonds is 5. The highest BCUT2D eigenvalue weighted by molar-refractivity contribution is 7.74. The number of benzene rings is 2. The SMILES string of the molecule is C[C@H](C1=CC=CC1P(c1ccccc1)c1ccccc1)N(C)C. The number of hydrogen-bond acceptors (Lipinski definition) is 1. The highest BCUT2D eigenvalue weighted by Gasteiger charge is 2.30. The van der Waals surface area contributed by atoms with Crippen molar-refractivity contribution in [1.82, 2.24) is 4.90 Å². The van der Waals surface area contributed by atoms with E-state index in [-0.39, 0.29) is 0 Å². The van der Waals surface area contributed by atoms with Gasteiger partial charge in [0.25, 0.3) is 0 Å². The van der Waals surface area contributed by atoms with Crippen LogP contribution in [0.4, 0.5) is 0 Å². The second-order valence-corrected chi connectivity index (χ2v) is 8.51. The van der Waals surface area contributed by atoms with Crippen molar-refractivity contribution in [3.05, 3.63) is 84.5 Å². The number of hydrogen-bond donors (Lipinski definition) is 0. The van der Waals surface area contributed by atoms with E-state index < -0.39 is 7.92 Å². The molecule has 0 N–H and O–H groups in total. The van der Waals surface area contributed by atoms with E-state index in [9.17, 15) is 0 Å². The summed E-state index contributed by atoms with van der Waals surface area (Å²) >= 11 is 0. The standard InChI is InChI=1S/C21H24NP/c1-17(22(2)3)20-15-10-16-21(20)23(18-11-6-4-7-12-18)19-13-8-5-9-14-19/h4-17,21H,1-3H3/t17-,21?/m1/s1. The molecule has 0 saturated carbocycles. The minimum absolute atomic E-state index is 0.430. The number of likely N-dealkylation sites (N-methyl/N-ethyl adjacent to an activating group) is 1. The molecule has 23 heavy (non-hydrogen) atoms. The molecule has 0 aromatic heterocycles. The lowest BCUT2D eigenvalue weighted by Crippen LogP contribution is -2.32. The van der Waals surface area contributed by atoms with Crippen LogP contribution in [-0.4, -0.2) is 30.7 Å². The quantitative estimate of drug-likeness (QED) is 0.754. The van der Waals surface area contributed by atoms with Gasteiger partial charge in [-0.25, -0.2) is 0 Å². The minimum Gasteiger partial charge on any atom is -0.303 e. The first-order valence-electron chi connectivity index (χ1n) is 8.12. The van der Waals surface area contributed by atoms with E-state index in [4.69, 9.17) is 0 Å². The van der Waals surface area contributed by atoms with Crippen LogP contribution >= 0.6 is 7.92 Å². The molecule has 1 unspecified atom stereocenters. The third-order valence-corrected chi connectivity index (χ3v) is 7.26. The second kappa shape index (κ2) is 7.25. The van der Waals surface area contributed by atoms with Crippen LogP contribution in [0.25, 0.3) is 0 Å². The van der Waals surface area contributed by atoms with Crippen LogP contribution in [0.2, 0.25) is 0 Å². The van der Waals surface area contributed by atoms with Gasteiger partial charge < -0.3 is 4.90 Å². The van der Waals surface area contributed by atoms with Gasteiger partial charge in [0.2, 0.25) is 0 Å². The lowest BCUT2D eigenvalue weighted by atomic mass is 10.1. The summed E-state index contributed by atoms with van der Waals surface area (Å²) in [4.78, 5) is 2.30. The van der Waals surface area contributed by atoms with Gasteiger partial charge in [-0.05, 0) is 45.1 Å². The van der Waals surface area contributed by atoms with Crippen molar-refractivity contribution in [2.24, 2.45) is 0 Å². The average Bonchev–Trinajstić information content (AvgIpc) is 3.05. The predicted molar refractivity (Wildman–Crippen MR) is 103 cm³/mol. The summed E-state index contributed by atoms with van der Waals surface area (Å²) in [6, 6.07) is 22.4. The molecule has 0 saturated heterocycles. The van der Waals surface area contributed by atoms with Crippen LogP contribution in [0.1, 0.15) is 6.92 Å². The summed E-state index contributed by atoms with van der Waals surface area (Å²) in [5, 5.41) is 2.89. The third kappa shape index (κ3) is 3.47. The summed E-state index contributed by atoms with van der Waals surface area (Å²) in [5.41, 5.74) is 2.00. The summed E-state index contributed by atoms with van der Waals surface area (Å²) in [7, 11) is 3.89. The molecule has 2 aromatic carbocycles. The second-order valence-electron chi connectivity index (χ2n) is 6.18. The monoisotopic (exact) mass is 321 g/mol. The molecule has 0 aliphatic heterocycles. The van der Waals surface area contributed by atoms with E-state index in [0.717, 1.165) is 0 Å². The molecule has 0 fully saturated rings. The Morgan fingerprint density at radius 1 is 0.870 bits per heavy atom. The van der Waals surface area contributed by atoms with Gasteiger partial charge in [-0.3, -0.25) is 0 Å². The van der Waals surface area contributed by atoms with Crippen molar-refractivity contribution in [2.45, 2.75) is 18.6 Å². The van der Waals surface area contributed by atoms with E-state index in [1.165, 1.54) is 16.2 Å². The maximum atomic E-state index is 2.39. The summed E-state index contributed by atoms with van der Waals surface area (Å²) < 4.78 is 0. The Labute approximate surface area is 141 Å². The molecule has 2 atom stereocenters. The molecule has 1 nitrogen and oxygen atoms in total. The van der Waals surface area contributed by atoms with Crippen LogP contribution in [0.3, 0.4) is 0 Å². The molecule has 1 aliphatic carbocycles. The zero-order valence-corrected chi connectivity index (χ0v) is 14.9. The van der Waals surface area contributed by atoms with Crippen LogP contribution < -0.4 is 10.6 Å². The van der Waals surface area contributed by atoms with Crippen LogP contribution in [-0.2, 0) is 0 Å². The summed E-state index contributed by atoms with van der Waals surface area (Å²) in [6.07, 6.45) is 6.94. The Morgan fingerprint density at radius 2 is 1.39 bits per heavy atom. The molecule has 0 radical (unpaired) electrons. The maximum absolute atomic E-state index is 2.39. The van der Waals surface area contributed by atoms with E-state index in [1.54, 1.807) is 0 Å². The Hall–Kier alpha value is -1.69. The molecule has 0 heterocycles. The Balaban J connectivity index is 2.03. The summed E-state index contributed by atoms with van der Waals surface area (Å²) in [6.45, 7) is 2.30. The van der Waals surface area contributed by atoms with Gasteiger partial charge in [0.05, 0.1) is 0 Å². The lowest BCUT2D eigenvalue weighted by molar-refractivity contribution is 0.349. The fourth-order valence-corrected chi connectivity index (χ4v) is 5.85. The van der Waals surface area contributed by atoms with Crippen molar-refractivity contribution < 1.29 is 0 Å². The topological polar surface area (TPSA) is 3.24 Å². The van der Waals surface area contributed by atoms with Gasteiger partial charge >= 0.3 is 0 Å². The molecule has 118 valence electrons. The van der Waals surface area contributed by atoms with Crippen molar-refractivity contribution in [1.29, 1.82) is 0 Å². The highest BCUT2D eigenvalue weighted by Crippen LogP contribution is 2.46. The molecule has 2 heteroatoms. The first-order valence-corrected chi connectivity index (χ1v) is 9.53. The fourth-order valence-electron chi connectivity index (χ4n) is 3.05. The first-order chi connectivity index (χ1) is 11.2. The molecular formula is C21H24NP. The first kappa shape index (κ1) is 16.2. The maximum Gasteiger partial charge on any atom is 0.0285 e. The largest absolute Gasteiger partial charge is 0.303 e. The fraction of sp³-hybridized carbons (Fsp3) is 0.238. The Bertz CT molecular complexity index is 649. The Kier molecular flexibility index (Phi) is 5.10. The highest BCUT2D eigenvalue weighted by atomic mass is 31.1. The van der Waals surface area contributed by atoms with Gasteiger partial charge in [-0.1, -0.05) is 78.9 Å². The van der Waals surface area contributed by atoms with Gasteiger partial charge in [0, 0.05) is 11.7 Å². The van der Waals surface area contributed by atoms with Gasteiger partial charge in [-0.15, -0.1) is 0 Å². The number of nitrogens with zero attached hydrogens (tertiary/aromatic N) is 1. The van der Waals surface area contributed by atoms with Gasteiger partial charge in [-0.2, -0.15) is 0 Å². The Morgan fingerprint density at radius 3 is 1.87 bits per heavy atom. The minimum atomic E-state index is -0.430. The van der Waals surface area contributed by atoms with E-state index in [2.05, 4.69) is 105 Å². The van der Waals surface area contributed by atoms with E-state index >= 15 is 0 Å². The van der Waals surface area contributed by atoms with E-state index in [0.29, 0.717) is 11.7 Å². The zero-order valence-electron chi connectivity index (χ0n) is 14.1. The predicted octanol–water partition coefficient (Wildman–Crippen LogP) is 3.93. The average molecular weight is 321 g/mol. The normalized spacial score (nSPS) is 18.5. The van der Waals surface area contributed by atoms with Gasteiger partial charge in [0.1, 0.15) is 0 Å². The summed E-state index contributed by atoms with van der Waals surface area (Å²) in [5.74, 6) is 0. The van der Waals surface area contributed by atoms with Gasteiger partial charge in [0.15, 0.2) is 0 Å². The van der Waals surface area contributed by atoms with Crippen LogP contribution in [0.5, 0.6) is 0 Å². The van der Waals surface area contributed by atoms with Crippen molar-refractivity contribution in [2.75, 3.05) is 14.1 Å².